The molecule has 0 saturated carbocycles. The Labute approximate surface area is 114 Å². The van der Waals surface area contributed by atoms with Gasteiger partial charge in [-0.3, -0.25) is 4.79 Å². The van der Waals surface area contributed by atoms with Crippen LogP contribution in [0, 0.1) is 5.92 Å². The van der Waals surface area contributed by atoms with E-state index in [2.05, 4.69) is 5.32 Å². The number of hydrogen-bond acceptors (Lipinski definition) is 2. The molecule has 19 heavy (non-hydrogen) atoms. The number of benzene rings is 1. The zero-order valence-corrected chi connectivity index (χ0v) is 10.6. The Morgan fingerprint density at radius 3 is 2.47 bits per heavy atom. The van der Waals surface area contributed by atoms with E-state index in [1.807, 2.05) is 0 Å². The lowest BCUT2D eigenvalue weighted by Gasteiger charge is -2.20. The summed E-state index contributed by atoms with van der Waals surface area (Å²) in [6.07, 6.45) is -4.46. The molecule has 2 rings (SSSR count). The van der Waals surface area contributed by atoms with Crippen molar-refractivity contribution < 1.29 is 23.1 Å². The average Bonchev–Trinajstić information content (AvgIpc) is 2.76. The molecule has 2 atom stereocenters. The number of hydrogen-bond donors (Lipinski definition) is 2. The van der Waals surface area contributed by atoms with Crippen LogP contribution in [0.5, 0.6) is 0 Å². The number of alkyl halides is 3. The maximum atomic E-state index is 12.9. The molecule has 2 unspecified atom stereocenters. The largest absolute Gasteiger partial charge is 0.481 e. The predicted octanol–water partition coefficient (Wildman–Crippen LogP) is 2.51. The van der Waals surface area contributed by atoms with Gasteiger partial charge in [-0.15, -0.1) is 12.4 Å². The number of rotatable bonds is 2. The minimum atomic E-state index is -4.46. The highest BCUT2D eigenvalue weighted by Crippen LogP contribution is 2.38. The van der Waals surface area contributed by atoms with Crippen LogP contribution in [-0.4, -0.2) is 24.2 Å². The molecule has 3 nitrogen and oxygen atoms in total. The van der Waals surface area contributed by atoms with Crippen molar-refractivity contribution in [1.29, 1.82) is 0 Å². The molecule has 0 amide bonds. The van der Waals surface area contributed by atoms with Crippen molar-refractivity contribution in [3.63, 3.8) is 0 Å². The topological polar surface area (TPSA) is 49.3 Å². The molecule has 1 aromatic carbocycles. The highest BCUT2D eigenvalue weighted by atomic mass is 35.5. The van der Waals surface area contributed by atoms with Gasteiger partial charge in [0.15, 0.2) is 0 Å². The van der Waals surface area contributed by atoms with Crippen molar-refractivity contribution in [1.82, 2.24) is 5.32 Å². The third-order valence-corrected chi connectivity index (χ3v) is 3.20. The molecule has 0 aromatic heterocycles. The molecule has 0 spiro atoms. The fourth-order valence-electron chi connectivity index (χ4n) is 2.34. The standard InChI is InChI=1S/C12H12F3NO2.ClH/c13-12(14,15)10-4-2-1-3-7(10)8-5-16-6-9(8)11(17)18;/h1-4,8-9,16H,5-6H2,(H,17,18);1H. The molecule has 1 aliphatic heterocycles. The van der Waals surface area contributed by atoms with Crippen LogP contribution in [0.2, 0.25) is 0 Å². The Hall–Kier alpha value is -1.27. The molecule has 7 heteroatoms. The minimum absolute atomic E-state index is 0. The Morgan fingerprint density at radius 2 is 1.89 bits per heavy atom. The highest BCUT2D eigenvalue weighted by molar-refractivity contribution is 5.85. The lowest BCUT2D eigenvalue weighted by Crippen LogP contribution is -2.23. The van der Waals surface area contributed by atoms with E-state index in [1.165, 1.54) is 18.2 Å². The van der Waals surface area contributed by atoms with Gasteiger partial charge in [-0.05, 0) is 11.6 Å². The Bertz CT molecular complexity index is 465. The van der Waals surface area contributed by atoms with E-state index in [9.17, 15) is 18.0 Å². The van der Waals surface area contributed by atoms with Gasteiger partial charge in [0, 0.05) is 19.0 Å². The fraction of sp³-hybridized carbons (Fsp3) is 0.417. The van der Waals surface area contributed by atoms with Gasteiger partial charge >= 0.3 is 12.1 Å². The van der Waals surface area contributed by atoms with Crippen LogP contribution in [-0.2, 0) is 11.0 Å². The highest BCUT2D eigenvalue weighted by Gasteiger charge is 2.40. The van der Waals surface area contributed by atoms with E-state index < -0.39 is 29.5 Å². The van der Waals surface area contributed by atoms with E-state index in [0.717, 1.165) is 6.07 Å². The summed E-state index contributed by atoms with van der Waals surface area (Å²) in [7, 11) is 0. The van der Waals surface area contributed by atoms with Crippen molar-refractivity contribution >= 4 is 18.4 Å². The number of halogens is 4. The first-order valence-corrected chi connectivity index (χ1v) is 5.51. The number of carbonyl (C=O) groups is 1. The third-order valence-electron chi connectivity index (χ3n) is 3.20. The van der Waals surface area contributed by atoms with E-state index in [0.29, 0.717) is 0 Å². The summed E-state index contributed by atoms with van der Waals surface area (Å²) in [6.45, 7) is 0.455. The van der Waals surface area contributed by atoms with Crippen LogP contribution >= 0.6 is 12.4 Å². The SMILES string of the molecule is Cl.O=C(O)C1CNCC1c1ccccc1C(F)(F)F. The number of aliphatic carboxylic acids is 1. The fourth-order valence-corrected chi connectivity index (χ4v) is 2.34. The van der Waals surface area contributed by atoms with Crippen molar-refractivity contribution in [2.24, 2.45) is 5.92 Å². The molecule has 1 aliphatic rings. The van der Waals surface area contributed by atoms with Gasteiger partial charge in [0.25, 0.3) is 0 Å². The maximum Gasteiger partial charge on any atom is 0.416 e. The summed E-state index contributed by atoms with van der Waals surface area (Å²) in [5.74, 6) is -2.52. The predicted molar refractivity (Wildman–Crippen MR) is 65.4 cm³/mol. The first kappa shape index (κ1) is 15.8. The summed E-state index contributed by atoms with van der Waals surface area (Å²) in [5, 5.41) is 11.9. The Morgan fingerprint density at radius 1 is 1.26 bits per heavy atom. The van der Waals surface area contributed by atoms with Gasteiger partial charge in [-0.1, -0.05) is 18.2 Å². The molecule has 1 heterocycles. The zero-order chi connectivity index (χ0) is 13.3. The van der Waals surface area contributed by atoms with E-state index in [-0.39, 0.29) is 31.1 Å². The summed E-state index contributed by atoms with van der Waals surface area (Å²) in [5.41, 5.74) is -0.688. The molecule has 0 radical (unpaired) electrons. The summed E-state index contributed by atoms with van der Waals surface area (Å²) in [6, 6.07) is 5.16. The van der Waals surface area contributed by atoms with Crippen molar-refractivity contribution in [2.45, 2.75) is 12.1 Å². The Balaban J connectivity index is 0.00000180. The van der Waals surface area contributed by atoms with Gasteiger partial charge < -0.3 is 10.4 Å². The van der Waals surface area contributed by atoms with Gasteiger partial charge in [0.05, 0.1) is 11.5 Å². The second-order valence-corrected chi connectivity index (χ2v) is 4.29. The third kappa shape index (κ3) is 3.19. The molecule has 0 bridgehead atoms. The first-order chi connectivity index (χ1) is 8.41. The molecule has 1 saturated heterocycles. The minimum Gasteiger partial charge on any atom is -0.481 e. The number of carboxylic acid groups (broad SMARTS) is 1. The summed E-state index contributed by atoms with van der Waals surface area (Å²) in [4.78, 5) is 11.0. The second-order valence-electron chi connectivity index (χ2n) is 4.29. The normalized spacial score (nSPS) is 22.9. The molecule has 2 N–H and O–H groups in total. The van der Waals surface area contributed by atoms with Crippen molar-refractivity contribution in [2.75, 3.05) is 13.1 Å². The molecule has 1 fully saturated rings. The van der Waals surface area contributed by atoms with Gasteiger partial charge in [-0.2, -0.15) is 13.2 Å². The average molecular weight is 296 g/mol. The van der Waals surface area contributed by atoms with E-state index in [4.69, 9.17) is 5.11 Å². The van der Waals surface area contributed by atoms with E-state index in [1.54, 1.807) is 0 Å². The van der Waals surface area contributed by atoms with Crippen LogP contribution in [0.4, 0.5) is 13.2 Å². The van der Waals surface area contributed by atoms with E-state index >= 15 is 0 Å². The summed E-state index contributed by atoms with van der Waals surface area (Å²) >= 11 is 0. The van der Waals surface area contributed by atoms with Gasteiger partial charge in [-0.25, -0.2) is 0 Å². The number of carboxylic acids is 1. The van der Waals surface area contributed by atoms with Crippen LogP contribution in [0.1, 0.15) is 17.0 Å². The monoisotopic (exact) mass is 295 g/mol. The van der Waals surface area contributed by atoms with Gasteiger partial charge in [0.2, 0.25) is 0 Å². The van der Waals surface area contributed by atoms with Crippen LogP contribution in [0.15, 0.2) is 24.3 Å². The van der Waals surface area contributed by atoms with Crippen molar-refractivity contribution in [3.05, 3.63) is 35.4 Å². The molecular weight excluding hydrogens is 283 g/mol. The molecule has 0 aliphatic carbocycles. The number of nitrogens with one attached hydrogen (secondary N) is 1. The maximum absolute atomic E-state index is 12.9. The first-order valence-electron chi connectivity index (χ1n) is 5.51. The Kier molecular flexibility index (Phi) is 4.81. The zero-order valence-electron chi connectivity index (χ0n) is 9.78. The second kappa shape index (κ2) is 5.79. The van der Waals surface area contributed by atoms with Crippen molar-refractivity contribution in [3.8, 4) is 0 Å². The molecule has 106 valence electrons. The molecular formula is C12H13ClF3NO2. The van der Waals surface area contributed by atoms with Crippen LogP contribution in [0.3, 0.4) is 0 Å². The lowest BCUT2D eigenvalue weighted by molar-refractivity contribution is -0.143. The molecule has 1 aromatic rings. The van der Waals surface area contributed by atoms with Crippen LogP contribution < -0.4 is 5.32 Å². The van der Waals surface area contributed by atoms with Gasteiger partial charge in [0.1, 0.15) is 0 Å². The van der Waals surface area contributed by atoms with Crippen LogP contribution in [0.25, 0.3) is 0 Å². The lowest BCUT2D eigenvalue weighted by atomic mass is 9.86. The smallest absolute Gasteiger partial charge is 0.416 e. The quantitative estimate of drug-likeness (QED) is 0.881. The summed E-state index contributed by atoms with van der Waals surface area (Å²) < 4.78 is 38.6.